The van der Waals surface area contributed by atoms with Gasteiger partial charge < -0.3 is 0 Å². The predicted octanol–water partition coefficient (Wildman–Crippen LogP) is 6.05. The molecular formula is C20H13NO2S. The number of hydrogen-bond donors (Lipinski definition) is 0. The van der Waals surface area contributed by atoms with Gasteiger partial charge in [-0.05, 0) is 34.4 Å². The van der Waals surface area contributed by atoms with Crippen LogP contribution >= 0.6 is 11.8 Å². The first kappa shape index (κ1) is 14.7. The summed E-state index contributed by atoms with van der Waals surface area (Å²) >= 11 is 1.45. The molecule has 0 fully saturated rings. The van der Waals surface area contributed by atoms with Crippen LogP contribution in [0.5, 0.6) is 0 Å². The molecule has 4 heteroatoms. The smallest absolute Gasteiger partial charge is 0.258 e. The number of fused-ring (bicyclic) bond motifs is 2. The molecule has 0 bridgehead atoms. The molecular weight excluding hydrogens is 318 g/mol. The third-order valence-corrected chi connectivity index (χ3v) is 5.12. The summed E-state index contributed by atoms with van der Waals surface area (Å²) in [6, 6.07) is 25.4. The van der Waals surface area contributed by atoms with E-state index < -0.39 is 0 Å². The van der Waals surface area contributed by atoms with E-state index >= 15 is 0 Å². The number of hydrogen-bond acceptors (Lipinski definition) is 3. The van der Waals surface area contributed by atoms with Gasteiger partial charge in [-0.25, -0.2) is 0 Å². The van der Waals surface area contributed by atoms with Crippen molar-refractivity contribution >= 4 is 39.0 Å². The van der Waals surface area contributed by atoms with Crippen LogP contribution in [0.3, 0.4) is 0 Å². The van der Waals surface area contributed by atoms with E-state index in [-0.39, 0.29) is 10.6 Å². The fourth-order valence-electron chi connectivity index (χ4n) is 2.83. The van der Waals surface area contributed by atoms with E-state index in [4.69, 9.17) is 0 Å². The highest BCUT2D eigenvalue weighted by Crippen LogP contribution is 2.40. The Morgan fingerprint density at radius 1 is 0.750 bits per heavy atom. The van der Waals surface area contributed by atoms with Crippen LogP contribution in [0.1, 0.15) is 0 Å². The van der Waals surface area contributed by atoms with Crippen LogP contribution < -0.4 is 0 Å². The zero-order valence-corrected chi connectivity index (χ0v) is 13.5. The van der Waals surface area contributed by atoms with Crippen LogP contribution in [0, 0.1) is 10.1 Å². The fourth-order valence-corrected chi connectivity index (χ4v) is 3.93. The Bertz CT molecular complexity index is 1080. The topological polar surface area (TPSA) is 43.1 Å². The molecule has 0 aliphatic rings. The summed E-state index contributed by atoms with van der Waals surface area (Å²) in [6.07, 6.45) is 0. The molecule has 0 saturated heterocycles. The van der Waals surface area contributed by atoms with Gasteiger partial charge in [0.15, 0.2) is 0 Å². The minimum Gasteiger partial charge on any atom is -0.258 e. The molecule has 3 nitrogen and oxygen atoms in total. The Kier molecular flexibility index (Phi) is 3.67. The minimum absolute atomic E-state index is 0.145. The zero-order chi connectivity index (χ0) is 16.5. The Labute approximate surface area is 143 Å². The fraction of sp³-hybridized carbons (Fsp3) is 0. The van der Waals surface area contributed by atoms with E-state index in [2.05, 4.69) is 24.3 Å². The van der Waals surface area contributed by atoms with E-state index in [0.717, 1.165) is 26.4 Å². The van der Waals surface area contributed by atoms with Gasteiger partial charge >= 0.3 is 0 Å². The highest BCUT2D eigenvalue weighted by molar-refractivity contribution is 7.99. The number of nitro benzene ring substituents is 1. The standard InChI is InChI=1S/C20H13NO2S/c22-21(23)19-12-10-15-6-3-4-8-18(15)20(19)24-17-11-9-14-5-1-2-7-16(14)13-17/h1-13H. The van der Waals surface area contributed by atoms with Crippen LogP contribution in [0.25, 0.3) is 21.5 Å². The molecule has 0 aliphatic carbocycles. The van der Waals surface area contributed by atoms with Gasteiger partial charge in [0.05, 0.1) is 9.82 Å². The molecule has 0 heterocycles. The van der Waals surface area contributed by atoms with Gasteiger partial charge in [-0.15, -0.1) is 0 Å². The molecule has 0 saturated carbocycles. The number of nitrogens with zero attached hydrogens (tertiary/aromatic N) is 1. The van der Waals surface area contributed by atoms with E-state index in [0.29, 0.717) is 4.90 Å². The summed E-state index contributed by atoms with van der Waals surface area (Å²) in [5, 5.41) is 15.7. The molecule has 4 aromatic rings. The second-order valence-electron chi connectivity index (χ2n) is 5.50. The summed E-state index contributed by atoms with van der Waals surface area (Å²) in [7, 11) is 0. The van der Waals surface area contributed by atoms with Crippen molar-refractivity contribution in [1.29, 1.82) is 0 Å². The third kappa shape index (κ3) is 2.61. The summed E-state index contributed by atoms with van der Waals surface area (Å²) in [5.74, 6) is 0. The van der Waals surface area contributed by atoms with E-state index in [1.54, 1.807) is 12.1 Å². The Morgan fingerprint density at radius 2 is 1.42 bits per heavy atom. The molecule has 0 spiro atoms. The van der Waals surface area contributed by atoms with Gasteiger partial charge in [-0.1, -0.05) is 66.4 Å². The molecule has 116 valence electrons. The summed E-state index contributed by atoms with van der Waals surface area (Å²) < 4.78 is 0. The molecule has 4 aromatic carbocycles. The third-order valence-electron chi connectivity index (χ3n) is 4.00. The summed E-state index contributed by atoms with van der Waals surface area (Å²) in [6.45, 7) is 0. The Balaban J connectivity index is 1.88. The van der Waals surface area contributed by atoms with Gasteiger partial charge in [-0.3, -0.25) is 10.1 Å². The van der Waals surface area contributed by atoms with Crippen molar-refractivity contribution in [2.75, 3.05) is 0 Å². The van der Waals surface area contributed by atoms with Gasteiger partial charge in [-0.2, -0.15) is 0 Å². The van der Waals surface area contributed by atoms with Crippen LogP contribution in [0.2, 0.25) is 0 Å². The second-order valence-corrected chi connectivity index (χ2v) is 6.59. The molecule has 0 unspecified atom stereocenters. The molecule has 0 aliphatic heterocycles. The Hall–Kier alpha value is -2.85. The summed E-state index contributed by atoms with van der Waals surface area (Å²) in [4.78, 5) is 12.8. The van der Waals surface area contributed by atoms with Crippen molar-refractivity contribution in [3.05, 3.63) is 89.0 Å². The first-order valence-corrected chi connectivity index (χ1v) is 8.37. The van der Waals surface area contributed by atoms with Crippen molar-refractivity contribution in [3.8, 4) is 0 Å². The number of rotatable bonds is 3. The van der Waals surface area contributed by atoms with Crippen LogP contribution in [-0.4, -0.2) is 4.92 Å². The van der Waals surface area contributed by atoms with E-state index in [9.17, 15) is 10.1 Å². The first-order chi connectivity index (χ1) is 11.7. The number of benzene rings is 4. The molecule has 0 aromatic heterocycles. The van der Waals surface area contributed by atoms with Crippen molar-refractivity contribution in [2.45, 2.75) is 9.79 Å². The maximum atomic E-state index is 11.5. The summed E-state index contributed by atoms with van der Waals surface area (Å²) in [5.41, 5.74) is 0.145. The first-order valence-electron chi connectivity index (χ1n) is 7.55. The number of nitro groups is 1. The predicted molar refractivity (Wildman–Crippen MR) is 98.7 cm³/mol. The lowest BCUT2D eigenvalue weighted by Crippen LogP contribution is -1.92. The lowest BCUT2D eigenvalue weighted by atomic mass is 10.1. The highest BCUT2D eigenvalue weighted by atomic mass is 32.2. The highest BCUT2D eigenvalue weighted by Gasteiger charge is 2.18. The average Bonchev–Trinajstić information content (AvgIpc) is 2.61. The largest absolute Gasteiger partial charge is 0.283 e. The Morgan fingerprint density at radius 3 is 2.21 bits per heavy atom. The zero-order valence-electron chi connectivity index (χ0n) is 12.7. The molecule has 0 N–H and O–H groups in total. The monoisotopic (exact) mass is 331 g/mol. The van der Waals surface area contributed by atoms with E-state index in [1.165, 1.54) is 11.8 Å². The maximum absolute atomic E-state index is 11.5. The lowest BCUT2D eigenvalue weighted by molar-refractivity contribution is -0.387. The van der Waals surface area contributed by atoms with Gasteiger partial charge in [0, 0.05) is 16.3 Å². The van der Waals surface area contributed by atoms with Gasteiger partial charge in [0.2, 0.25) is 0 Å². The maximum Gasteiger partial charge on any atom is 0.283 e. The SMILES string of the molecule is O=[N+]([O-])c1ccc2ccccc2c1Sc1ccc2ccccc2c1. The van der Waals surface area contributed by atoms with Gasteiger partial charge in [0.25, 0.3) is 5.69 Å². The molecule has 0 atom stereocenters. The van der Waals surface area contributed by atoms with Crippen molar-refractivity contribution < 1.29 is 4.92 Å². The lowest BCUT2D eigenvalue weighted by Gasteiger charge is -2.08. The quantitative estimate of drug-likeness (QED) is 0.339. The molecule has 4 rings (SSSR count). The second kappa shape index (κ2) is 5.98. The van der Waals surface area contributed by atoms with Gasteiger partial charge in [0.1, 0.15) is 0 Å². The van der Waals surface area contributed by atoms with Crippen molar-refractivity contribution in [3.63, 3.8) is 0 Å². The molecule has 0 amide bonds. The normalized spacial score (nSPS) is 11.0. The average molecular weight is 331 g/mol. The van der Waals surface area contributed by atoms with Crippen molar-refractivity contribution in [1.82, 2.24) is 0 Å². The van der Waals surface area contributed by atoms with E-state index in [1.807, 2.05) is 42.5 Å². The van der Waals surface area contributed by atoms with Crippen molar-refractivity contribution in [2.24, 2.45) is 0 Å². The molecule has 0 radical (unpaired) electrons. The van der Waals surface area contributed by atoms with Crippen LogP contribution in [-0.2, 0) is 0 Å². The van der Waals surface area contributed by atoms with Crippen LogP contribution in [0.15, 0.2) is 88.7 Å². The minimum atomic E-state index is -0.310. The van der Waals surface area contributed by atoms with Crippen LogP contribution in [0.4, 0.5) is 5.69 Å². The molecule has 24 heavy (non-hydrogen) atoms.